The van der Waals surface area contributed by atoms with E-state index in [1.165, 1.54) is 48.5 Å². The molecular formula is C43H34N4O8. The number of fused-ring (bicyclic) bond motifs is 3. The first-order valence-corrected chi connectivity index (χ1v) is 17.4. The molecule has 2 amide bonds. The Balaban J connectivity index is 1.14. The molecule has 1 aliphatic carbocycles. The van der Waals surface area contributed by atoms with Gasteiger partial charge in [-0.3, -0.25) is 29.8 Å². The Morgan fingerprint density at radius 1 is 0.527 bits per heavy atom. The molecule has 7 rings (SSSR count). The summed E-state index contributed by atoms with van der Waals surface area (Å²) in [5, 5.41) is 27.8. The highest BCUT2D eigenvalue weighted by atomic mass is 16.6. The van der Waals surface area contributed by atoms with Gasteiger partial charge in [0.1, 0.15) is 11.5 Å². The van der Waals surface area contributed by atoms with Gasteiger partial charge < -0.3 is 20.1 Å². The van der Waals surface area contributed by atoms with Gasteiger partial charge in [0, 0.05) is 35.6 Å². The highest BCUT2D eigenvalue weighted by Crippen LogP contribution is 2.56. The molecule has 0 spiro atoms. The van der Waals surface area contributed by atoms with Crippen LogP contribution in [0.1, 0.15) is 36.1 Å². The van der Waals surface area contributed by atoms with Crippen molar-refractivity contribution < 1.29 is 28.9 Å². The van der Waals surface area contributed by atoms with Crippen LogP contribution in [0, 0.1) is 20.2 Å². The zero-order chi connectivity index (χ0) is 38.7. The van der Waals surface area contributed by atoms with Gasteiger partial charge in [-0.2, -0.15) is 0 Å². The topological polar surface area (TPSA) is 163 Å². The summed E-state index contributed by atoms with van der Waals surface area (Å²) in [5.74, 6) is -0.107. The van der Waals surface area contributed by atoms with Crippen molar-refractivity contribution in [2.45, 2.75) is 31.5 Å². The van der Waals surface area contributed by atoms with Gasteiger partial charge in [0.2, 0.25) is 0 Å². The molecule has 0 radical (unpaired) electrons. The van der Waals surface area contributed by atoms with E-state index in [4.69, 9.17) is 9.47 Å². The van der Waals surface area contributed by atoms with Crippen LogP contribution in [0.25, 0.3) is 11.1 Å². The number of carbonyl (C=O) groups excluding carboxylic acids is 2. The number of hydrogen-bond acceptors (Lipinski definition) is 8. The quantitative estimate of drug-likeness (QED) is 0.0930. The number of nitro benzene ring substituents is 2. The number of nitrogens with one attached hydrogen (secondary N) is 2. The van der Waals surface area contributed by atoms with Crippen molar-refractivity contribution in [3.63, 3.8) is 0 Å². The number of benzene rings is 6. The Labute approximate surface area is 315 Å². The van der Waals surface area contributed by atoms with E-state index in [-0.39, 0.29) is 23.2 Å². The van der Waals surface area contributed by atoms with Gasteiger partial charge in [0.05, 0.1) is 15.3 Å². The number of rotatable bonds is 12. The fourth-order valence-electron chi connectivity index (χ4n) is 6.93. The molecule has 12 heteroatoms. The fraction of sp³-hybridized carbons (Fsp3) is 0.116. The number of amides is 2. The monoisotopic (exact) mass is 734 g/mol. The number of carbonyl (C=O) groups is 2. The Kier molecular flexibility index (Phi) is 9.80. The molecule has 6 aromatic rings. The standard InChI is InChI=1S/C43H34N4O8/c1-27(54-35-23-19-33(20-24-35)46(50)51)41(48)44-31-15-11-29(12-16-31)43(39-9-5-3-7-37(39)38-8-4-6-10-40(38)43)30-13-17-32(18-14-30)45-42(49)28(2)55-36-25-21-34(22-26-36)47(52)53/h3-28H,1-2H3,(H,44,48)(H,45,49). The van der Waals surface area contributed by atoms with Gasteiger partial charge in [-0.05, 0) is 95.8 Å². The summed E-state index contributed by atoms with van der Waals surface area (Å²) >= 11 is 0. The van der Waals surface area contributed by atoms with Crippen molar-refractivity contribution in [1.29, 1.82) is 0 Å². The van der Waals surface area contributed by atoms with E-state index in [9.17, 15) is 29.8 Å². The van der Waals surface area contributed by atoms with E-state index in [0.29, 0.717) is 22.9 Å². The maximum atomic E-state index is 13.1. The molecule has 55 heavy (non-hydrogen) atoms. The Morgan fingerprint density at radius 2 is 0.873 bits per heavy atom. The van der Waals surface area contributed by atoms with Gasteiger partial charge in [0.25, 0.3) is 23.2 Å². The minimum Gasteiger partial charge on any atom is -0.481 e. The van der Waals surface area contributed by atoms with E-state index in [1.807, 2.05) is 72.8 Å². The average molecular weight is 735 g/mol. The summed E-state index contributed by atoms with van der Waals surface area (Å²) in [7, 11) is 0. The van der Waals surface area contributed by atoms with Crippen LogP contribution < -0.4 is 20.1 Å². The van der Waals surface area contributed by atoms with E-state index in [0.717, 1.165) is 33.4 Å². The lowest BCUT2D eigenvalue weighted by Crippen LogP contribution is -2.31. The number of nitro groups is 2. The van der Waals surface area contributed by atoms with Crippen LogP contribution in [0.2, 0.25) is 0 Å². The van der Waals surface area contributed by atoms with Crippen molar-refractivity contribution in [3.05, 3.63) is 188 Å². The summed E-state index contributed by atoms with van der Waals surface area (Å²) in [4.78, 5) is 47.2. The molecule has 1 aliphatic rings. The summed E-state index contributed by atoms with van der Waals surface area (Å²) in [6.45, 7) is 3.20. The Hall–Kier alpha value is -7.34. The van der Waals surface area contributed by atoms with Crippen LogP contribution in [0.5, 0.6) is 11.5 Å². The van der Waals surface area contributed by atoms with Gasteiger partial charge in [-0.1, -0.05) is 72.8 Å². The van der Waals surface area contributed by atoms with Crippen molar-refractivity contribution in [2.24, 2.45) is 0 Å². The van der Waals surface area contributed by atoms with Crippen molar-refractivity contribution >= 4 is 34.6 Å². The largest absolute Gasteiger partial charge is 0.481 e. The second kappa shape index (κ2) is 15.0. The maximum Gasteiger partial charge on any atom is 0.269 e. The van der Waals surface area contributed by atoms with Gasteiger partial charge >= 0.3 is 0 Å². The third-order valence-electron chi connectivity index (χ3n) is 9.58. The molecule has 0 aromatic heterocycles. The predicted octanol–water partition coefficient (Wildman–Crippen LogP) is 8.68. The van der Waals surface area contributed by atoms with Crippen molar-refractivity contribution in [2.75, 3.05) is 10.6 Å². The molecule has 2 unspecified atom stereocenters. The van der Waals surface area contributed by atoms with Crippen molar-refractivity contribution in [3.8, 4) is 22.6 Å². The number of hydrogen-bond donors (Lipinski definition) is 2. The molecule has 6 aromatic carbocycles. The summed E-state index contributed by atoms with van der Waals surface area (Å²) in [6.07, 6.45) is -1.76. The molecule has 0 aliphatic heterocycles. The first-order chi connectivity index (χ1) is 26.5. The molecule has 2 N–H and O–H groups in total. The van der Waals surface area contributed by atoms with Crippen LogP contribution >= 0.6 is 0 Å². The lowest BCUT2D eigenvalue weighted by atomic mass is 9.67. The average Bonchev–Trinajstić information content (AvgIpc) is 3.50. The zero-order valence-corrected chi connectivity index (χ0v) is 29.7. The van der Waals surface area contributed by atoms with Gasteiger partial charge in [0.15, 0.2) is 12.2 Å². The molecule has 2 atom stereocenters. The van der Waals surface area contributed by atoms with E-state index >= 15 is 0 Å². The van der Waals surface area contributed by atoms with E-state index in [1.54, 1.807) is 13.8 Å². The first-order valence-electron chi connectivity index (χ1n) is 17.4. The van der Waals surface area contributed by atoms with Crippen LogP contribution in [0.4, 0.5) is 22.7 Å². The first kappa shape index (κ1) is 36.0. The summed E-state index contributed by atoms with van der Waals surface area (Å²) in [5.41, 5.74) is 6.52. The zero-order valence-electron chi connectivity index (χ0n) is 29.7. The molecule has 12 nitrogen and oxygen atoms in total. The van der Waals surface area contributed by atoms with Crippen LogP contribution in [0.3, 0.4) is 0 Å². The predicted molar refractivity (Wildman–Crippen MR) is 207 cm³/mol. The van der Waals surface area contributed by atoms with Crippen LogP contribution in [-0.4, -0.2) is 33.9 Å². The SMILES string of the molecule is CC(Oc1ccc([N+](=O)[O-])cc1)C(=O)Nc1ccc(C2(c3ccc(NC(=O)C(C)Oc4ccc([N+](=O)[O-])cc4)cc3)c3ccccc3-c3ccccc32)cc1. The highest BCUT2D eigenvalue weighted by molar-refractivity contribution is 5.95. The fourth-order valence-corrected chi connectivity index (χ4v) is 6.93. The highest BCUT2D eigenvalue weighted by Gasteiger charge is 2.45. The van der Waals surface area contributed by atoms with E-state index in [2.05, 4.69) is 34.9 Å². The lowest BCUT2D eigenvalue weighted by Gasteiger charge is -2.34. The van der Waals surface area contributed by atoms with E-state index < -0.39 is 27.5 Å². The molecule has 274 valence electrons. The number of ether oxygens (including phenoxy) is 2. The molecule has 0 bridgehead atoms. The number of nitrogens with zero attached hydrogens (tertiary/aromatic N) is 2. The van der Waals surface area contributed by atoms with Crippen LogP contribution in [-0.2, 0) is 15.0 Å². The van der Waals surface area contributed by atoms with Gasteiger partial charge in [-0.25, -0.2) is 0 Å². The summed E-state index contributed by atoms with van der Waals surface area (Å²) < 4.78 is 11.5. The molecule has 0 saturated carbocycles. The normalized spacial score (nSPS) is 13.3. The van der Waals surface area contributed by atoms with Crippen LogP contribution in [0.15, 0.2) is 146 Å². The lowest BCUT2D eigenvalue weighted by molar-refractivity contribution is -0.385. The second-order valence-electron chi connectivity index (χ2n) is 13.0. The molecule has 0 fully saturated rings. The Morgan fingerprint density at radius 3 is 1.22 bits per heavy atom. The smallest absolute Gasteiger partial charge is 0.269 e. The van der Waals surface area contributed by atoms with Gasteiger partial charge in [-0.15, -0.1) is 0 Å². The third-order valence-corrected chi connectivity index (χ3v) is 9.58. The third kappa shape index (κ3) is 7.08. The Bertz CT molecular complexity index is 2230. The summed E-state index contributed by atoms with van der Waals surface area (Å²) in [6, 6.07) is 42.9. The van der Waals surface area contributed by atoms with Crippen molar-refractivity contribution in [1.82, 2.24) is 0 Å². The number of non-ortho nitro benzene ring substituents is 2. The number of anilines is 2. The second-order valence-corrected chi connectivity index (χ2v) is 13.0. The molecular weight excluding hydrogens is 700 g/mol. The minimum absolute atomic E-state index is 0.0731. The minimum atomic E-state index is -0.878. The molecule has 0 saturated heterocycles. The molecule has 0 heterocycles. The maximum absolute atomic E-state index is 13.1.